The van der Waals surface area contributed by atoms with E-state index in [1.165, 1.54) is 12.1 Å². The van der Waals surface area contributed by atoms with Crippen molar-refractivity contribution in [3.8, 4) is 0 Å². The monoisotopic (exact) mass is 224 g/mol. The van der Waals surface area contributed by atoms with E-state index in [0.29, 0.717) is 0 Å². The summed E-state index contributed by atoms with van der Waals surface area (Å²) in [5, 5.41) is 21.3. The Morgan fingerprint density at radius 3 is 2.19 bits per heavy atom. The van der Waals surface area contributed by atoms with Gasteiger partial charge in [0.25, 0.3) is 0 Å². The van der Waals surface area contributed by atoms with Crippen LogP contribution < -0.4 is 0 Å². The van der Waals surface area contributed by atoms with Crippen molar-refractivity contribution in [1.82, 2.24) is 0 Å². The van der Waals surface area contributed by atoms with Gasteiger partial charge < -0.3 is 0 Å². The van der Waals surface area contributed by atoms with E-state index in [1.54, 1.807) is 6.07 Å². The molecule has 16 heavy (non-hydrogen) atoms. The molecule has 0 spiro atoms. The lowest BCUT2D eigenvalue weighted by atomic mass is 9.98. The van der Waals surface area contributed by atoms with Gasteiger partial charge in [-0.2, -0.15) is 0 Å². The fourth-order valence-corrected chi connectivity index (χ4v) is 1.38. The zero-order valence-corrected chi connectivity index (χ0v) is 9.04. The summed E-state index contributed by atoms with van der Waals surface area (Å²) in [4.78, 5) is 19.8. The molecule has 0 aromatic heterocycles. The van der Waals surface area contributed by atoms with Crippen LogP contribution in [0.25, 0.3) is 0 Å². The van der Waals surface area contributed by atoms with Crippen molar-refractivity contribution in [2.24, 2.45) is 0 Å². The van der Waals surface area contributed by atoms with Gasteiger partial charge >= 0.3 is 11.4 Å². The Morgan fingerprint density at radius 2 is 1.75 bits per heavy atom. The first-order chi connectivity index (χ1) is 7.47. The normalized spacial score (nSPS) is 12.1. The van der Waals surface area contributed by atoms with Crippen molar-refractivity contribution in [1.29, 1.82) is 0 Å². The minimum absolute atomic E-state index is 0.152. The smallest absolute Gasteiger partial charge is 0.258 e. The van der Waals surface area contributed by atoms with Crippen LogP contribution in [0.2, 0.25) is 0 Å². The van der Waals surface area contributed by atoms with Gasteiger partial charge in [-0.25, -0.2) is 0 Å². The number of rotatable bonds is 4. The summed E-state index contributed by atoms with van der Waals surface area (Å²) in [6.07, 6.45) is 0.828. The second kappa shape index (κ2) is 4.69. The Morgan fingerprint density at radius 1 is 1.19 bits per heavy atom. The third kappa shape index (κ3) is 2.33. The van der Waals surface area contributed by atoms with Gasteiger partial charge in [0.05, 0.1) is 9.85 Å². The Labute approximate surface area is 92.2 Å². The molecule has 0 radical (unpaired) electrons. The van der Waals surface area contributed by atoms with Gasteiger partial charge in [0, 0.05) is 12.1 Å². The molecular weight excluding hydrogens is 212 g/mol. The highest BCUT2D eigenvalue weighted by atomic mass is 16.6. The lowest BCUT2D eigenvalue weighted by Crippen LogP contribution is -1.99. The highest BCUT2D eigenvalue weighted by molar-refractivity contribution is 5.54. The molecule has 0 N–H and O–H groups in total. The fourth-order valence-electron chi connectivity index (χ4n) is 1.38. The minimum atomic E-state index is -0.738. The molecule has 0 aliphatic rings. The number of hydrogen-bond acceptors (Lipinski definition) is 4. The third-order valence-electron chi connectivity index (χ3n) is 2.57. The molecule has 0 heterocycles. The van der Waals surface area contributed by atoms with E-state index in [-0.39, 0.29) is 5.92 Å². The third-order valence-corrected chi connectivity index (χ3v) is 2.57. The molecule has 86 valence electrons. The van der Waals surface area contributed by atoms with Crippen LogP contribution in [0.1, 0.15) is 31.7 Å². The maximum absolute atomic E-state index is 10.7. The van der Waals surface area contributed by atoms with Crippen LogP contribution in [0.15, 0.2) is 18.2 Å². The standard InChI is InChI=1S/C10H12N2O4/c1-3-7(2)8-4-5-9(11(13)14)10(6-8)12(15)16/h4-7H,3H2,1-2H3. The lowest BCUT2D eigenvalue weighted by Gasteiger charge is -2.07. The molecular formula is C10H12N2O4. The topological polar surface area (TPSA) is 86.3 Å². The molecule has 1 rings (SSSR count). The number of nitro groups is 2. The van der Waals surface area contributed by atoms with E-state index in [0.717, 1.165) is 12.0 Å². The quantitative estimate of drug-likeness (QED) is 0.581. The second-order valence-corrected chi connectivity index (χ2v) is 3.57. The molecule has 0 aliphatic carbocycles. The van der Waals surface area contributed by atoms with Crippen molar-refractivity contribution in [2.45, 2.75) is 26.2 Å². The zero-order chi connectivity index (χ0) is 12.3. The number of hydrogen-bond donors (Lipinski definition) is 0. The summed E-state index contributed by atoms with van der Waals surface area (Å²) in [5.41, 5.74) is -0.153. The zero-order valence-electron chi connectivity index (χ0n) is 9.04. The number of nitrogens with zero attached hydrogens (tertiary/aromatic N) is 2. The van der Waals surface area contributed by atoms with Crippen molar-refractivity contribution in [2.75, 3.05) is 0 Å². The van der Waals surface area contributed by atoms with Crippen LogP contribution >= 0.6 is 0 Å². The molecule has 1 aromatic carbocycles. The first-order valence-electron chi connectivity index (χ1n) is 4.90. The lowest BCUT2D eigenvalue weighted by molar-refractivity contribution is -0.422. The maximum atomic E-state index is 10.7. The van der Waals surface area contributed by atoms with E-state index in [2.05, 4.69) is 0 Å². The van der Waals surface area contributed by atoms with E-state index in [1.807, 2.05) is 13.8 Å². The molecule has 1 aromatic rings. The van der Waals surface area contributed by atoms with Crippen molar-refractivity contribution < 1.29 is 9.85 Å². The molecule has 0 aliphatic heterocycles. The van der Waals surface area contributed by atoms with Crippen LogP contribution in [0.4, 0.5) is 11.4 Å². The molecule has 6 heteroatoms. The summed E-state index contributed by atoms with van der Waals surface area (Å²) in [6.45, 7) is 3.88. The minimum Gasteiger partial charge on any atom is -0.258 e. The van der Waals surface area contributed by atoms with Crippen LogP contribution in [0.5, 0.6) is 0 Å². The van der Waals surface area contributed by atoms with Crippen molar-refractivity contribution >= 4 is 11.4 Å². The van der Waals surface area contributed by atoms with Gasteiger partial charge in [-0.3, -0.25) is 20.2 Å². The van der Waals surface area contributed by atoms with E-state index >= 15 is 0 Å². The Kier molecular flexibility index (Phi) is 3.55. The molecule has 0 saturated heterocycles. The average molecular weight is 224 g/mol. The molecule has 6 nitrogen and oxygen atoms in total. The summed E-state index contributed by atoms with van der Waals surface area (Å²) in [5.74, 6) is 0.152. The van der Waals surface area contributed by atoms with Gasteiger partial charge in [-0.05, 0) is 17.9 Å². The molecule has 0 bridgehead atoms. The highest BCUT2D eigenvalue weighted by Crippen LogP contribution is 2.31. The molecule has 0 saturated carbocycles. The van der Waals surface area contributed by atoms with Crippen LogP contribution in [0, 0.1) is 20.2 Å². The second-order valence-electron chi connectivity index (χ2n) is 3.57. The van der Waals surface area contributed by atoms with Gasteiger partial charge in [-0.1, -0.05) is 19.9 Å². The van der Waals surface area contributed by atoms with E-state index < -0.39 is 21.2 Å². The summed E-state index contributed by atoms with van der Waals surface area (Å²) in [7, 11) is 0. The molecule has 0 fully saturated rings. The first-order valence-corrected chi connectivity index (χ1v) is 4.90. The Balaban J connectivity index is 3.28. The van der Waals surface area contributed by atoms with Gasteiger partial charge in [0.1, 0.15) is 0 Å². The Bertz CT molecular complexity index is 431. The summed E-state index contributed by atoms with van der Waals surface area (Å²) < 4.78 is 0. The summed E-state index contributed by atoms with van der Waals surface area (Å²) in [6, 6.07) is 4.05. The number of nitro benzene ring substituents is 2. The summed E-state index contributed by atoms with van der Waals surface area (Å²) >= 11 is 0. The molecule has 0 amide bonds. The van der Waals surface area contributed by atoms with E-state index in [4.69, 9.17) is 0 Å². The van der Waals surface area contributed by atoms with Crippen LogP contribution in [-0.2, 0) is 0 Å². The van der Waals surface area contributed by atoms with Gasteiger partial charge in [0.15, 0.2) is 0 Å². The van der Waals surface area contributed by atoms with Crippen molar-refractivity contribution in [3.63, 3.8) is 0 Å². The fraction of sp³-hybridized carbons (Fsp3) is 0.400. The SMILES string of the molecule is CCC(C)c1ccc([N+](=O)[O-])c([N+](=O)[O-])c1. The van der Waals surface area contributed by atoms with Gasteiger partial charge in [-0.15, -0.1) is 0 Å². The largest absolute Gasteiger partial charge is 0.346 e. The maximum Gasteiger partial charge on any atom is 0.346 e. The average Bonchev–Trinajstić information content (AvgIpc) is 2.26. The first kappa shape index (κ1) is 12.1. The van der Waals surface area contributed by atoms with E-state index in [9.17, 15) is 20.2 Å². The van der Waals surface area contributed by atoms with Crippen LogP contribution in [0.3, 0.4) is 0 Å². The predicted molar refractivity (Wildman–Crippen MR) is 58.5 cm³/mol. The number of benzene rings is 1. The predicted octanol–water partition coefficient (Wildman–Crippen LogP) is 3.02. The van der Waals surface area contributed by atoms with Crippen LogP contribution in [-0.4, -0.2) is 9.85 Å². The van der Waals surface area contributed by atoms with Crippen molar-refractivity contribution in [3.05, 3.63) is 44.0 Å². The molecule has 1 unspecified atom stereocenters. The Hall–Kier alpha value is -1.98. The van der Waals surface area contributed by atoms with Gasteiger partial charge in [0.2, 0.25) is 0 Å². The molecule has 1 atom stereocenters. The highest BCUT2D eigenvalue weighted by Gasteiger charge is 2.24.